The van der Waals surface area contributed by atoms with Crippen LogP contribution in [0, 0.1) is 0 Å². The second-order valence-corrected chi connectivity index (χ2v) is 15.5. The number of hydrogen-bond acceptors (Lipinski definition) is 13. The third kappa shape index (κ3) is 7.55. The first-order valence-electron chi connectivity index (χ1n) is 14.7. The zero-order valence-electron chi connectivity index (χ0n) is 24.6. The summed E-state index contributed by atoms with van der Waals surface area (Å²) in [5.74, 6) is 0.940. The van der Waals surface area contributed by atoms with Gasteiger partial charge in [0.15, 0.2) is 12.4 Å². The number of hydrogen-bond donors (Lipinski definition) is 2. The highest BCUT2D eigenvalue weighted by atomic mass is 32.3. The molecule has 0 saturated carbocycles. The standard InChI is InChI=1S/C26H37F2N9O6S2/c27-23(28)24-29-20-3-1-2-4-21(20)37(24)43-19-22-30-25(32-26(31-22)35-9-14-42-15-10-35)34-5-7-36(8-6-34)45(40,41)18-13-33-11-16-44(38,39)17-12-33/h1-4,23,38-39H,5-19H2. The number of aromatic nitrogens is 5. The Morgan fingerprint density at radius 1 is 0.889 bits per heavy atom. The third-order valence-electron chi connectivity index (χ3n) is 8.06. The number of sulfonamides is 1. The number of benzene rings is 1. The highest BCUT2D eigenvalue weighted by molar-refractivity contribution is 8.24. The lowest BCUT2D eigenvalue weighted by Crippen LogP contribution is -2.51. The summed E-state index contributed by atoms with van der Waals surface area (Å²) in [7, 11) is -6.07. The van der Waals surface area contributed by atoms with E-state index in [2.05, 4.69) is 19.9 Å². The van der Waals surface area contributed by atoms with Crippen LogP contribution in [0.1, 0.15) is 18.1 Å². The minimum Gasteiger partial charge on any atom is -0.404 e. The van der Waals surface area contributed by atoms with E-state index in [4.69, 9.17) is 9.57 Å². The van der Waals surface area contributed by atoms with Crippen LogP contribution < -0.4 is 14.6 Å². The van der Waals surface area contributed by atoms with Crippen molar-refractivity contribution >= 4 is 43.5 Å². The molecule has 2 N–H and O–H groups in total. The molecule has 3 fully saturated rings. The third-order valence-corrected chi connectivity index (χ3v) is 11.6. The van der Waals surface area contributed by atoms with Gasteiger partial charge in [-0.1, -0.05) is 12.1 Å². The van der Waals surface area contributed by atoms with Gasteiger partial charge in [0, 0.05) is 58.9 Å². The van der Waals surface area contributed by atoms with Crippen LogP contribution in [0.4, 0.5) is 20.7 Å². The van der Waals surface area contributed by atoms with Crippen molar-refractivity contribution in [3.63, 3.8) is 0 Å². The number of rotatable bonds is 10. The smallest absolute Gasteiger partial charge is 0.298 e. The lowest BCUT2D eigenvalue weighted by Gasteiger charge is -2.41. The Hall–Kier alpha value is -2.94. The van der Waals surface area contributed by atoms with Crippen molar-refractivity contribution in [2.24, 2.45) is 0 Å². The van der Waals surface area contributed by atoms with Crippen LogP contribution in [0.15, 0.2) is 24.3 Å². The van der Waals surface area contributed by atoms with Gasteiger partial charge in [0.05, 0.1) is 36.0 Å². The van der Waals surface area contributed by atoms with E-state index >= 15 is 0 Å². The maximum Gasteiger partial charge on any atom is 0.298 e. The van der Waals surface area contributed by atoms with Crippen LogP contribution in [0.25, 0.3) is 11.0 Å². The molecule has 3 aromatic rings. The molecule has 15 nitrogen and oxygen atoms in total. The summed E-state index contributed by atoms with van der Waals surface area (Å²) in [6.07, 6.45) is -2.86. The Morgan fingerprint density at radius 2 is 1.53 bits per heavy atom. The molecule has 0 bridgehead atoms. The Bertz CT molecular complexity index is 1570. The van der Waals surface area contributed by atoms with Crippen LogP contribution in [0.3, 0.4) is 0 Å². The van der Waals surface area contributed by atoms with Gasteiger partial charge in [-0.05, 0) is 12.1 Å². The normalized spacial score (nSPS) is 21.0. The molecule has 1 aromatic carbocycles. The predicted molar refractivity (Wildman–Crippen MR) is 164 cm³/mol. The molecule has 0 amide bonds. The number of ether oxygens (including phenoxy) is 1. The number of fused-ring (bicyclic) bond motifs is 1. The number of imidazole rings is 1. The maximum absolute atomic E-state index is 13.8. The molecular weight excluding hydrogens is 636 g/mol. The summed E-state index contributed by atoms with van der Waals surface area (Å²) in [6.45, 7) is 4.33. The molecule has 5 heterocycles. The van der Waals surface area contributed by atoms with Crippen molar-refractivity contribution in [2.75, 3.05) is 99.2 Å². The molecule has 45 heavy (non-hydrogen) atoms. The first-order chi connectivity index (χ1) is 21.6. The van der Waals surface area contributed by atoms with Crippen LogP contribution in [0.2, 0.25) is 0 Å². The van der Waals surface area contributed by atoms with Gasteiger partial charge < -0.3 is 19.4 Å². The quantitative estimate of drug-likeness (QED) is 0.316. The van der Waals surface area contributed by atoms with Crippen molar-refractivity contribution in [2.45, 2.75) is 13.0 Å². The van der Waals surface area contributed by atoms with Crippen molar-refractivity contribution in [1.82, 2.24) is 33.9 Å². The lowest BCUT2D eigenvalue weighted by molar-refractivity contribution is 0.0560. The molecule has 3 saturated heterocycles. The summed E-state index contributed by atoms with van der Waals surface area (Å²) in [4.78, 5) is 29.5. The highest BCUT2D eigenvalue weighted by Crippen LogP contribution is 2.40. The number of morpholine rings is 1. The van der Waals surface area contributed by atoms with Gasteiger partial charge in [0.25, 0.3) is 6.43 Å². The molecule has 248 valence electrons. The second-order valence-electron chi connectivity index (χ2n) is 11.0. The molecule has 6 rings (SSSR count). The first-order valence-corrected chi connectivity index (χ1v) is 18.2. The van der Waals surface area contributed by atoms with Crippen molar-refractivity contribution < 1.29 is 35.9 Å². The van der Waals surface area contributed by atoms with E-state index in [1.54, 1.807) is 24.3 Å². The number of para-hydroxylation sites is 2. The monoisotopic (exact) mass is 673 g/mol. The molecule has 0 spiro atoms. The number of alkyl halides is 2. The maximum atomic E-state index is 13.8. The minimum absolute atomic E-state index is 0.0514. The van der Waals surface area contributed by atoms with E-state index in [0.29, 0.717) is 82.0 Å². The Kier molecular flexibility index (Phi) is 9.55. The number of anilines is 2. The highest BCUT2D eigenvalue weighted by Gasteiger charge is 2.31. The fourth-order valence-corrected chi connectivity index (χ4v) is 8.22. The number of piperazine rings is 1. The van der Waals surface area contributed by atoms with E-state index in [1.165, 1.54) is 4.31 Å². The van der Waals surface area contributed by atoms with Crippen LogP contribution in [-0.2, 0) is 21.4 Å². The van der Waals surface area contributed by atoms with Gasteiger partial charge >= 0.3 is 0 Å². The van der Waals surface area contributed by atoms with Gasteiger partial charge in [-0.15, -0.1) is 0 Å². The average Bonchev–Trinajstić information content (AvgIpc) is 3.43. The molecule has 0 radical (unpaired) electrons. The molecule has 3 aliphatic heterocycles. The van der Waals surface area contributed by atoms with Crippen molar-refractivity contribution in [1.29, 1.82) is 0 Å². The number of halogens is 2. The van der Waals surface area contributed by atoms with Gasteiger partial charge in [-0.2, -0.15) is 34.6 Å². The fraction of sp³-hybridized carbons (Fsp3) is 0.615. The molecule has 0 unspecified atom stereocenters. The summed E-state index contributed by atoms with van der Waals surface area (Å²) < 4.78 is 81.4. The average molecular weight is 674 g/mol. The van der Waals surface area contributed by atoms with Gasteiger partial charge in [0.2, 0.25) is 27.7 Å². The molecular formula is C26H37F2N9O6S2. The van der Waals surface area contributed by atoms with E-state index < -0.39 is 32.9 Å². The van der Waals surface area contributed by atoms with E-state index in [-0.39, 0.29) is 42.8 Å². The predicted octanol–water partition coefficient (Wildman–Crippen LogP) is 1.14. The van der Waals surface area contributed by atoms with Gasteiger partial charge in [-0.3, -0.25) is 14.0 Å². The molecule has 2 aromatic heterocycles. The topological polar surface area (TPSA) is 163 Å². The SMILES string of the molecule is O=S(=O)(CCN1CCS(O)(O)CC1)N1CCN(c2nc(COn3c(C(F)F)nc4ccccc43)nc(N3CCOCC3)n2)CC1. The van der Waals surface area contributed by atoms with Crippen molar-refractivity contribution in [3.8, 4) is 0 Å². The van der Waals surface area contributed by atoms with E-state index in [9.17, 15) is 26.3 Å². The zero-order chi connectivity index (χ0) is 31.6. The Labute approximate surface area is 261 Å². The summed E-state index contributed by atoms with van der Waals surface area (Å²) in [5.41, 5.74) is 0.768. The van der Waals surface area contributed by atoms with Crippen LogP contribution in [-0.4, -0.2) is 141 Å². The largest absolute Gasteiger partial charge is 0.404 e. The Morgan fingerprint density at radius 3 is 2.20 bits per heavy atom. The summed E-state index contributed by atoms with van der Waals surface area (Å²) >= 11 is 0. The van der Waals surface area contributed by atoms with Gasteiger partial charge in [0.1, 0.15) is 5.52 Å². The number of nitrogens with zero attached hydrogens (tertiary/aromatic N) is 9. The zero-order valence-corrected chi connectivity index (χ0v) is 26.3. The molecule has 19 heteroatoms. The molecule has 3 aliphatic rings. The first kappa shape index (κ1) is 32.0. The van der Waals surface area contributed by atoms with Gasteiger partial charge in [-0.25, -0.2) is 22.2 Å². The summed E-state index contributed by atoms with van der Waals surface area (Å²) in [6, 6.07) is 6.69. The van der Waals surface area contributed by atoms with E-state index in [1.807, 2.05) is 14.7 Å². The molecule has 0 atom stereocenters. The van der Waals surface area contributed by atoms with Crippen LogP contribution >= 0.6 is 10.6 Å². The van der Waals surface area contributed by atoms with E-state index in [0.717, 1.165) is 4.73 Å². The summed E-state index contributed by atoms with van der Waals surface area (Å²) in [5, 5.41) is 0. The molecule has 0 aliphatic carbocycles. The van der Waals surface area contributed by atoms with Crippen LogP contribution in [0.5, 0.6) is 0 Å². The Balaban J connectivity index is 1.15. The minimum atomic E-state index is -3.53. The second kappa shape index (κ2) is 13.4. The van der Waals surface area contributed by atoms with Crippen molar-refractivity contribution in [3.05, 3.63) is 35.9 Å². The fourth-order valence-electron chi connectivity index (χ4n) is 5.45. The lowest BCUT2D eigenvalue weighted by atomic mass is 10.3.